The summed E-state index contributed by atoms with van der Waals surface area (Å²) < 4.78 is 37.4. The van der Waals surface area contributed by atoms with Gasteiger partial charge in [0.1, 0.15) is 0 Å². The van der Waals surface area contributed by atoms with Gasteiger partial charge in [0.15, 0.2) is 34.5 Å². The zero-order chi connectivity index (χ0) is 31.4. The molecule has 2 N–H and O–H groups in total. The van der Waals surface area contributed by atoms with Crippen molar-refractivity contribution < 1.29 is 47.5 Å². The number of carbonyl (C=O) groups is 3. The molecular formula is C30H33N3O10. The Bertz CT molecular complexity index is 1460. The van der Waals surface area contributed by atoms with Gasteiger partial charge in [-0.1, -0.05) is 0 Å². The fourth-order valence-electron chi connectivity index (χ4n) is 3.77. The average molecular weight is 596 g/mol. The maximum absolute atomic E-state index is 12.8. The molecule has 13 heteroatoms. The second kappa shape index (κ2) is 15.5. The van der Waals surface area contributed by atoms with Gasteiger partial charge in [-0.25, -0.2) is 10.2 Å². The van der Waals surface area contributed by atoms with E-state index in [1.807, 2.05) is 0 Å². The predicted octanol–water partition coefficient (Wildman–Crippen LogP) is 3.23. The van der Waals surface area contributed by atoms with Crippen LogP contribution in [0.2, 0.25) is 0 Å². The summed E-state index contributed by atoms with van der Waals surface area (Å²) >= 11 is 0. The predicted molar refractivity (Wildman–Crippen MR) is 156 cm³/mol. The van der Waals surface area contributed by atoms with E-state index in [0.717, 1.165) is 0 Å². The summed E-state index contributed by atoms with van der Waals surface area (Å²) in [5.74, 6) is 0.571. The van der Waals surface area contributed by atoms with Crippen LogP contribution in [0.1, 0.15) is 33.2 Å². The Balaban J connectivity index is 1.61. The largest absolute Gasteiger partial charge is 0.493 e. The van der Waals surface area contributed by atoms with Crippen LogP contribution in [0.4, 0.5) is 0 Å². The quantitative estimate of drug-likeness (QED) is 0.123. The van der Waals surface area contributed by atoms with Crippen molar-refractivity contribution >= 4 is 24.0 Å². The number of hydrogen-bond donors (Lipinski definition) is 2. The number of hydrogen-bond acceptors (Lipinski definition) is 11. The van der Waals surface area contributed by atoms with Gasteiger partial charge in [-0.3, -0.25) is 9.59 Å². The number of nitrogens with zero attached hydrogens (tertiary/aromatic N) is 1. The number of nitrogens with one attached hydrogen (secondary N) is 2. The van der Waals surface area contributed by atoms with Crippen LogP contribution < -0.4 is 43.9 Å². The van der Waals surface area contributed by atoms with Crippen molar-refractivity contribution in [3.63, 3.8) is 0 Å². The second-order valence-corrected chi connectivity index (χ2v) is 8.49. The second-order valence-electron chi connectivity index (χ2n) is 8.49. The third-order valence-electron chi connectivity index (χ3n) is 5.83. The van der Waals surface area contributed by atoms with Gasteiger partial charge in [-0.15, -0.1) is 0 Å². The smallest absolute Gasteiger partial charge is 0.343 e. The molecule has 13 nitrogen and oxygen atoms in total. The van der Waals surface area contributed by atoms with E-state index in [-0.39, 0.29) is 23.4 Å². The van der Waals surface area contributed by atoms with E-state index in [4.69, 9.17) is 33.2 Å². The summed E-state index contributed by atoms with van der Waals surface area (Å²) in [5.41, 5.74) is 3.36. The molecule has 0 aromatic heterocycles. The van der Waals surface area contributed by atoms with Crippen LogP contribution in [0.15, 0.2) is 53.6 Å². The van der Waals surface area contributed by atoms with Gasteiger partial charge < -0.3 is 38.5 Å². The summed E-state index contributed by atoms with van der Waals surface area (Å²) in [6.45, 7) is 1.75. The van der Waals surface area contributed by atoms with E-state index < -0.39 is 17.8 Å². The van der Waals surface area contributed by atoms with Crippen molar-refractivity contribution in [2.75, 3.05) is 48.7 Å². The first-order valence-corrected chi connectivity index (χ1v) is 12.9. The van der Waals surface area contributed by atoms with Crippen molar-refractivity contribution in [1.29, 1.82) is 0 Å². The average Bonchev–Trinajstić information content (AvgIpc) is 3.03. The van der Waals surface area contributed by atoms with Crippen molar-refractivity contribution in [3.8, 4) is 40.2 Å². The molecule has 3 rings (SSSR count). The molecule has 0 unspecified atom stereocenters. The summed E-state index contributed by atoms with van der Waals surface area (Å²) in [5, 5.41) is 6.43. The molecule has 228 valence electrons. The van der Waals surface area contributed by atoms with E-state index in [1.165, 1.54) is 60.0 Å². The molecule has 0 fully saturated rings. The Hall–Kier alpha value is -5.46. The molecule has 0 spiro atoms. The first kappa shape index (κ1) is 32.1. The number of hydrazone groups is 1. The summed E-state index contributed by atoms with van der Waals surface area (Å²) in [4.78, 5) is 37.6. The molecule has 3 aromatic rings. The maximum atomic E-state index is 12.8. The van der Waals surface area contributed by atoms with Crippen LogP contribution in [-0.4, -0.2) is 72.7 Å². The topological polar surface area (TPSA) is 152 Å². The van der Waals surface area contributed by atoms with Gasteiger partial charge in [0.2, 0.25) is 5.75 Å². The number of benzene rings is 3. The number of rotatable bonds is 14. The van der Waals surface area contributed by atoms with Crippen LogP contribution in [0, 0.1) is 0 Å². The zero-order valence-electron chi connectivity index (χ0n) is 24.6. The molecule has 0 aliphatic rings. The maximum Gasteiger partial charge on any atom is 0.343 e. The van der Waals surface area contributed by atoms with Crippen LogP contribution in [-0.2, 0) is 4.79 Å². The van der Waals surface area contributed by atoms with Crippen molar-refractivity contribution in [1.82, 2.24) is 10.7 Å². The van der Waals surface area contributed by atoms with Gasteiger partial charge >= 0.3 is 5.97 Å². The molecule has 0 saturated carbocycles. The highest BCUT2D eigenvalue weighted by Crippen LogP contribution is 2.38. The molecule has 0 aliphatic heterocycles. The summed E-state index contributed by atoms with van der Waals surface area (Å²) in [6, 6.07) is 12.4. The Morgan fingerprint density at radius 1 is 0.721 bits per heavy atom. The zero-order valence-corrected chi connectivity index (χ0v) is 24.6. The van der Waals surface area contributed by atoms with Crippen LogP contribution in [0.5, 0.6) is 40.2 Å². The first-order chi connectivity index (χ1) is 20.8. The van der Waals surface area contributed by atoms with Gasteiger partial charge in [0.05, 0.1) is 60.5 Å². The monoisotopic (exact) mass is 595 g/mol. The minimum absolute atomic E-state index is 0.192. The number of carbonyl (C=O) groups excluding carboxylic acids is 3. The van der Waals surface area contributed by atoms with Gasteiger partial charge in [0, 0.05) is 5.56 Å². The number of ether oxygens (including phenoxy) is 7. The summed E-state index contributed by atoms with van der Waals surface area (Å²) in [7, 11) is 7.28. The van der Waals surface area contributed by atoms with E-state index >= 15 is 0 Å². The van der Waals surface area contributed by atoms with E-state index in [1.54, 1.807) is 37.3 Å². The highest BCUT2D eigenvalue weighted by molar-refractivity contribution is 5.98. The minimum Gasteiger partial charge on any atom is -0.493 e. The summed E-state index contributed by atoms with van der Waals surface area (Å²) in [6.07, 6.45) is 1.38. The highest BCUT2D eigenvalue weighted by Gasteiger charge is 2.18. The van der Waals surface area contributed by atoms with Crippen LogP contribution in [0.3, 0.4) is 0 Å². The van der Waals surface area contributed by atoms with Crippen molar-refractivity contribution in [2.45, 2.75) is 6.92 Å². The van der Waals surface area contributed by atoms with E-state index in [9.17, 15) is 14.4 Å². The molecule has 0 aliphatic carbocycles. The van der Waals surface area contributed by atoms with Crippen molar-refractivity contribution in [2.24, 2.45) is 5.10 Å². The Labute approximate surface area is 248 Å². The lowest BCUT2D eigenvalue weighted by molar-refractivity contribution is -0.120. The standard InChI is InChI=1S/C30H33N3O10/c1-7-42-24-12-18(8-10-22(24)43-30(36)19-9-11-21(37-2)23(13-19)38-3)16-32-33-27(34)17-31-29(35)20-14-25(39-4)28(41-6)26(15-20)40-5/h8-16H,7,17H2,1-6H3,(H,31,35)(H,33,34)/b32-16+. The molecule has 0 radical (unpaired) electrons. The van der Waals surface area contributed by atoms with Crippen molar-refractivity contribution in [3.05, 3.63) is 65.2 Å². The lowest BCUT2D eigenvalue weighted by Crippen LogP contribution is -2.34. The SMILES string of the molecule is CCOc1cc(/C=N/NC(=O)CNC(=O)c2cc(OC)c(OC)c(OC)c2)ccc1OC(=O)c1ccc(OC)c(OC)c1. The fourth-order valence-corrected chi connectivity index (χ4v) is 3.77. The number of methoxy groups -OCH3 is 5. The molecule has 0 saturated heterocycles. The lowest BCUT2D eigenvalue weighted by Gasteiger charge is -2.14. The molecule has 0 atom stereocenters. The fraction of sp³-hybridized carbons (Fsp3) is 0.267. The van der Waals surface area contributed by atoms with Gasteiger partial charge in [-0.2, -0.15) is 5.10 Å². The normalized spacial score (nSPS) is 10.5. The Morgan fingerprint density at radius 2 is 1.35 bits per heavy atom. The van der Waals surface area contributed by atoms with Crippen LogP contribution >= 0.6 is 0 Å². The van der Waals surface area contributed by atoms with Gasteiger partial charge in [0.25, 0.3) is 11.8 Å². The van der Waals surface area contributed by atoms with E-state index in [2.05, 4.69) is 15.8 Å². The highest BCUT2D eigenvalue weighted by atomic mass is 16.6. The first-order valence-electron chi connectivity index (χ1n) is 12.9. The number of esters is 1. The molecular weight excluding hydrogens is 562 g/mol. The molecule has 3 aromatic carbocycles. The Kier molecular flexibility index (Phi) is 11.6. The molecule has 2 amide bonds. The van der Waals surface area contributed by atoms with Crippen LogP contribution in [0.25, 0.3) is 0 Å². The molecule has 43 heavy (non-hydrogen) atoms. The Morgan fingerprint density at radius 3 is 1.95 bits per heavy atom. The molecule has 0 heterocycles. The minimum atomic E-state index is -0.621. The van der Waals surface area contributed by atoms with Gasteiger partial charge in [-0.05, 0) is 61.0 Å². The lowest BCUT2D eigenvalue weighted by atomic mass is 10.1. The van der Waals surface area contributed by atoms with E-state index in [0.29, 0.717) is 46.7 Å². The third kappa shape index (κ3) is 8.28. The molecule has 0 bridgehead atoms. The number of amides is 2. The third-order valence-corrected chi connectivity index (χ3v) is 5.83.